The number of aryl methyl sites for hydroxylation is 2. The highest BCUT2D eigenvalue weighted by molar-refractivity contribution is 5.94. The van der Waals surface area contributed by atoms with Gasteiger partial charge < -0.3 is 14.3 Å². The molecule has 2 aliphatic rings. The number of nitrogens with zero attached hydrogens (tertiary/aromatic N) is 4. The molecular weight excluding hydrogens is 404 g/mol. The third-order valence-corrected chi connectivity index (χ3v) is 6.70. The molecule has 3 aromatic rings. The van der Waals surface area contributed by atoms with Crippen LogP contribution in [0, 0.1) is 19.8 Å². The second-order valence-electron chi connectivity index (χ2n) is 8.99. The quantitative estimate of drug-likeness (QED) is 0.636. The Balaban J connectivity index is 1.38. The Labute approximate surface area is 187 Å². The van der Waals surface area contributed by atoms with Crippen molar-refractivity contribution in [3.8, 4) is 0 Å². The Morgan fingerprint density at radius 2 is 1.69 bits per heavy atom. The van der Waals surface area contributed by atoms with Crippen LogP contribution in [0.4, 0.5) is 0 Å². The van der Waals surface area contributed by atoms with E-state index in [0.29, 0.717) is 49.9 Å². The number of rotatable bonds is 4. The summed E-state index contributed by atoms with van der Waals surface area (Å²) in [6, 6.07) is 17.3. The van der Waals surface area contributed by atoms with Gasteiger partial charge in [-0.2, -0.15) is 4.98 Å². The smallest absolute Gasteiger partial charge is 0.253 e. The standard InChI is InChI=1S/C25H26N4O3/c1-17-8-10-19(11-9-17)12-22(30)28-13-21-14-29(23(31)20-6-4-3-5-7-20)16-25(21,15-28)24-26-18(2)27-32-24/h3-11,21H,12-16H2,1-2H3. The molecule has 32 heavy (non-hydrogen) atoms. The van der Waals surface area contributed by atoms with E-state index in [1.54, 1.807) is 6.92 Å². The van der Waals surface area contributed by atoms with Crippen LogP contribution in [-0.4, -0.2) is 57.9 Å². The van der Waals surface area contributed by atoms with Crippen molar-refractivity contribution in [2.24, 2.45) is 5.92 Å². The molecule has 0 saturated carbocycles. The van der Waals surface area contributed by atoms with Crippen LogP contribution in [0.5, 0.6) is 0 Å². The monoisotopic (exact) mass is 430 g/mol. The molecule has 1 aromatic heterocycles. The summed E-state index contributed by atoms with van der Waals surface area (Å²) in [5.74, 6) is 1.21. The largest absolute Gasteiger partial charge is 0.341 e. The summed E-state index contributed by atoms with van der Waals surface area (Å²) in [6.45, 7) is 5.89. The number of aromatic nitrogens is 2. The molecule has 5 rings (SSSR count). The van der Waals surface area contributed by atoms with Gasteiger partial charge in [0, 0.05) is 37.7 Å². The molecule has 2 unspecified atom stereocenters. The second-order valence-corrected chi connectivity index (χ2v) is 8.99. The minimum Gasteiger partial charge on any atom is -0.341 e. The maximum absolute atomic E-state index is 13.1. The molecule has 2 saturated heterocycles. The van der Waals surface area contributed by atoms with Gasteiger partial charge in [0.15, 0.2) is 5.82 Å². The molecule has 2 amide bonds. The van der Waals surface area contributed by atoms with E-state index in [1.165, 1.54) is 5.56 Å². The average molecular weight is 431 g/mol. The van der Waals surface area contributed by atoms with E-state index in [1.807, 2.05) is 71.3 Å². The summed E-state index contributed by atoms with van der Waals surface area (Å²) in [6.07, 6.45) is 0.360. The highest BCUT2D eigenvalue weighted by atomic mass is 16.5. The molecule has 0 bridgehead atoms. The van der Waals surface area contributed by atoms with Gasteiger partial charge in [-0.15, -0.1) is 0 Å². The van der Waals surface area contributed by atoms with Crippen LogP contribution in [0.15, 0.2) is 59.1 Å². The van der Waals surface area contributed by atoms with Crippen LogP contribution in [0.3, 0.4) is 0 Å². The molecule has 7 nitrogen and oxygen atoms in total. The molecule has 0 N–H and O–H groups in total. The first-order chi connectivity index (χ1) is 15.4. The van der Waals surface area contributed by atoms with E-state index in [4.69, 9.17) is 4.52 Å². The number of hydrogen-bond acceptors (Lipinski definition) is 5. The first-order valence-corrected chi connectivity index (χ1v) is 10.9. The highest BCUT2D eigenvalue weighted by Crippen LogP contribution is 2.44. The van der Waals surface area contributed by atoms with Crippen LogP contribution in [0.1, 0.15) is 33.2 Å². The SMILES string of the molecule is Cc1ccc(CC(=O)N2CC3CN(C(=O)c4ccccc4)CC3(c3nc(C)no3)C2)cc1. The van der Waals surface area contributed by atoms with Crippen molar-refractivity contribution >= 4 is 11.8 Å². The van der Waals surface area contributed by atoms with Crippen molar-refractivity contribution in [2.45, 2.75) is 25.7 Å². The van der Waals surface area contributed by atoms with Gasteiger partial charge in [-0.05, 0) is 31.5 Å². The molecule has 0 aliphatic carbocycles. The van der Waals surface area contributed by atoms with Gasteiger partial charge in [-0.1, -0.05) is 53.2 Å². The number of likely N-dealkylation sites (tertiary alicyclic amines) is 2. The van der Waals surface area contributed by atoms with Crippen molar-refractivity contribution in [2.75, 3.05) is 26.2 Å². The Bertz CT molecular complexity index is 1140. The van der Waals surface area contributed by atoms with Crippen LogP contribution >= 0.6 is 0 Å². The summed E-state index contributed by atoms with van der Waals surface area (Å²) < 4.78 is 5.61. The molecule has 2 fully saturated rings. The normalized spacial score (nSPS) is 22.2. The first-order valence-electron chi connectivity index (χ1n) is 10.9. The van der Waals surface area contributed by atoms with Crippen molar-refractivity contribution in [3.05, 3.63) is 83.0 Å². The zero-order valence-electron chi connectivity index (χ0n) is 18.3. The first kappa shape index (κ1) is 20.4. The van der Waals surface area contributed by atoms with Gasteiger partial charge in [0.2, 0.25) is 11.8 Å². The summed E-state index contributed by atoms with van der Waals surface area (Å²) >= 11 is 0. The van der Waals surface area contributed by atoms with Crippen molar-refractivity contribution in [1.29, 1.82) is 0 Å². The van der Waals surface area contributed by atoms with E-state index in [0.717, 1.165) is 5.56 Å². The highest BCUT2D eigenvalue weighted by Gasteiger charge is 2.58. The van der Waals surface area contributed by atoms with Crippen molar-refractivity contribution < 1.29 is 14.1 Å². The van der Waals surface area contributed by atoms with E-state index in [-0.39, 0.29) is 17.7 Å². The van der Waals surface area contributed by atoms with E-state index in [2.05, 4.69) is 10.1 Å². The number of benzene rings is 2. The molecule has 3 heterocycles. The van der Waals surface area contributed by atoms with Crippen LogP contribution in [-0.2, 0) is 16.6 Å². The molecule has 2 aromatic carbocycles. The summed E-state index contributed by atoms with van der Waals surface area (Å²) in [5.41, 5.74) is 2.30. The van der Waals surface area contributed by atoms with Gasteiger partial charge in [0.1, 0.15) is 0 Å². The van der Waals surface area contributed by atoms with Gasteiger partial charge in [0.25, 0.3) is 5.91 Å². The number of fused-ring (bicyclic) bond motifs is 1. The molecule has 2 aliphatic heterocycles. The number of amides is 2. The lowest BCUT2D eigenvalue weighted by atomic mass is 9.81. The van der Waals surface area contributed by atoms with E-state index < -0.39 is 5.41 Å². The molecular formula is C25H26N4O3. The Morgan fingerprint density at radius 1 is 1.00 bits per heavy atom. The molecule has 2 atom stereocenters. The zero-order valence-corrected chi connectivity index (χ0v) is 18.3. The lowest BCUT2D eigenvalue weighted by Crippen LogP contribution is -2.41. The third-order valence-electron chi connectivity index (χ3n) is 6.70. The van der Waals surface area contributed by atoms with Gasteiger partial charge >= 0.3 is 0 Å². The Morgan fingerprint density at radius 3 is 2.38 bits per heavy atom. The number of carbonyl (C=O) groups is 2. The molecule has 0 spiro atoms. The van der Waals surface area contributed by atoms with Crippen LogP contribution in [0.25, 0.3) is 0 Å². The minimum atomic E-state index is -0.533. The van der Waals surface area contributed by atoms with Crippen LogP contribution < -0.4 is 0 Å². The number of hydrogen-bond donors (Lipinski definition) is 0. The lowest BCUT2D eigenvalue weighted by Gasteiger charge is -2.26. The van der Waals surface area contributed by atoms with Crippen molar-refractivity contribution in [1.82, 2.24) is 19.9 Å². The predicted molar refractivity (Wildman–Crippen MR) is 118 cm³/mol. The Hall–Kier alpha value is -3.48. The maximum Gasteiger partial charge on any atom is 0.253 e. The molecule has 0 radical (unpaired) electrons. The van der Waals surface area contributed by atoms with Gasteiger partial charge in [-0.3, -0.25) is 9.59 Å². The molecule has 7 heteroatoms. The summed E-state index contributed by atoms with van der Waals surface area (Å²) in [7, 11) is 0. The van der Waals surface area contributed by atoms with Gasteiger partial charge in [0.05, 0.1) is 11.8 Å². The van der Waals surface area contributed by atoms with Gasteiger partial charge in [-0.25, -0.2) is 0 Å². The maximum atomic E-state index is 13.1. The minimum absolute atomic E-state index is 0.00635. The lowest BCUT2D eigenvalue weighted by molar-refractivity contribution is -0.129. The van der Waals surface area contributed by atoms with Crippen LogP contribution in [0.2, 0.25) is 0 Å². The predicted octanol–water partition coefficient (Wildman–Crippen LogP) is 2.78. The third kappa shape index (κ3) is 3.57. The zero-order chi connectivity index (χ0) is 22.3. The van der Waals surface area contributed by atoms with E-state index in [9.17, 15) is 9.59 Å². The summed E-state index contributed by atoms with van der Waals surface area (Å²) in [5, 5.41) is 4.00. The summed E-state index contributed by atoms with van der Waals surface area (Å²) in [4.78, 5) is 34.5. The fraction of sp³-hybridized carbons (Fsp3) is 0.360. The average Bonchev–Trinajstić information content (AvgIpc) is 3.48. The second kappa shape index (κ2) is 7.89. The molecule has 164 valence electrons. The fourth-order valence-corrected chi connectivity index (χ4v) is 4.97. The number of carbonyl (C=O) groups excluding carboxylic acids is 2. The van der Waals surface area contributed by atoms with Crippen molar-refractivity contribution in [3.63, 3.8) is 0 Å². The fourth-order valence-electron chi connectivity index (χ4n) is 4.97. The van der Waals surface area contributed by atoms with E-state index >= 15 is 0 Å². The Kier molecular flexibility index (Phi) is 5.04. The topological polar surface area (TPSA) is 79.5 Å².